The maximum Gasteiger partial charge on any atom is 0.251 e. The van der Waals surface area contributed by atoms with E-state index in [1.54, 1.807) is 11.8 Å². The van der Waals surface area contributed by atoms with Crippen LogP contribution in [0.25, 0.3) is 0 Å². The quantitative estimate of drug-likeness (QED) is 0.813. The highest BCUT2D eigenvalue weighted by molar-refractivity contribution is 8.00. The van der Waals surface area contributed by atoms with E-state index in [1.807, 2.05) is 59.5 Å². The van der Waals surface area contributed by atoms with Crippen molar-refractivity contribution in [2.75, 3.05) is 18.9 Å². The monoisotopic (exact) mass is 396 g/mol. The summed E-state index contributed by atoms with van der Waals surface area (Å²) in [6, 6.07) is 17.6. The Morgan fingerprint density at radius 1 is 1.14 bits per heavy atom. The smallest absolute Gasteiger partial charge is 0.251 e. The lowest BCUT2D eigenvalue weighted by Gasteiger charge is -2.24. The average Bonchev–Trinajstić information content (AvgIpc) is 3.38. The van der Waals surface area contributed by atoms with Crippen molar-refractivity contribution in [2.24, 2.45) is 0 Å². The molecule has 0 unspecified atom stereocenters. The molecule has 0 saturated carbocycles. The third-order valence-electron chi connectivity index (χ3n) is 5.14. The number of benzene rings is 2. The lowest BCUT2D eigenvalue weighted by atomic mass is 10.1. The zero-order valence-electron chi connectivity index (χ0n) is 15.7. The second-order valence-corrected chi connectivity index (χ2v) is 8.21. The highest BCUT2D eigenvalue weighted by Gasteiger charge is 2.32. The van der Waals surface area contributed by atoms with Gasteiger partial charge in [0.25, 0.3) is 5.91 Å². The second kappa shape index (κ2) is 8.80. The average molecular weight is 397 g/mol. The van der Waals surface area contributed by atoms with Crippen molar-refractivity contribution >= 4 is 23.6 Å². The molecule has 2 saturated heterocycles. The molecule has 2 heterocycles. The first-order valence-corrected chi connectivity index (χ1v) is 10.7. The van der Waals surface area contributed by atoms with E-state index < -0.39 is 0 Å². The van der Waals surface area contributed by atoms with Crippen molar-refractivity contribution in [2.45, 2.75) is 30.9 Å². The second-order valence-electron chi connectivity index (χ2n) is 7.14. The van der Waals surface area contributed by atoms with Crippen LogP contribution in [0.3, 0.4) is 0 Å². The molecule has 0 bridgehead atoms. The molecule has 0 spiro atoms. The van der Waals surface area contributed by atoms with Gasteiger partial charge < -0.3 is 15.0 Å². The molecule has 1 N–H and O–H groups in total. The van der Waals surface area contributed by atoms with Gasteiger partial charge in [0.05, 0.1) is 11.9 Å². The van der Waals surface area contributed by atoms with Crippen molar-refractivity contribution in [1.82, 2.24) is 10.2 Å². The van der Waals surface area contributed by atoms with Gasteiger partial charge in [-0.2, -0.15) is 0 Å². The number of carbonyl (C=O) groups is 2. The number of nitrogens with one attached hydrogen (secondary N) is 1. The van der Waals surface area contributed by atoms with Crippen LogP contribution in [0.15, 0.2) is 54.6 Å². The fourth-order valence-corrected chi connectivity index (χ4v) is 4.78. The zero-order chi connectivity index (χ0) is 19.3. The summed E-state index contributed by atoms with van der Waals surface area (Å²) in [4.78, 5) is 26.6. The zero-order valence-corrected chi connectivity index (χ0v) is 16.5. The molecule has 2 aliphatic heterocycles. The van der Waals surface area contributed by atoms with Crippen molar-refractivity contribution < 1.29 is 14.3 Å². The van der Waals surface area contributed by atoms with Gasteiger partial charge >= 0.3 is 0 Å². The summed E-state index contributed by atoms with van der Waals surface area (Å²) in [5.74, 6) is 0.553. The number of thioether (sulfide) groups is 1. The maximum absolute atomic E-state index is 12.4. The van der Waals surface area contributed by atoms with Crippen LogP contribution in [0, 0.1) is 0 Å². The summed E-state index contributed by atoms with van der Waals surface area (Å²) in [6.07, 6.45) is 2.20. The van der Waals surface area contributed by atoms with Crippen LogP contribution in [-0.2, 0) is 16.1 Å². The first-order valence-electron chi connectivity index (χ1n) is 9.65. The van der Waals surface area contributed by atoms with Crippen LogP contribution in [0.5, 0.6) is 0 Å². The molecule has 2 aromatic rings. The van der Waals surface area contributed by atoms with Crippen LogP contribution in [0.2, 0.25) is 0 Å². The molecule has 146 valence electrons. The third kappa shape index (κ3) is 4.39. The third-order valence-corrected chi connectivity index (χ3v) is 6.39. The summed E-state index contributed by atoms with van der Waals surface area (Å²) < 4.78 is 5.54. The minimum atomic E-state index is -0.0849. The highest BCUT2D eigenvalue weighted by atomic mass is 32.2. The fourth-order valence-electron chi connectivity index (χ4n) is 3.59. The molecule has 28 heavy (non-hydrogen) atoms. The predicted molar refractivity (Wildman–Crippen MR) is 110 cm³/mol. The Morgan fingerprint density at radius 2 is 1.93 bits per heavy atom. The molecular formula is C22H24N2O3S. The van der Waals surface area contributed by atoms with Gasteiger partial charge in [-0.15, -0.1) is 11.8 Å². The number of nitrogens with zero attached hydrogens (tertiary/aromatic N) is 1. The molecule has 2 aliphatic rings. The van der Waals surface area contributed by atoms with E-state index in [2.05, 4.69) is 5.32 Å². The van der Waals surface area contributed by atoms with E-state index in [0.29, 0.717) is 24.4 Å². The van der Waals surface area contributed by atoms with Gasteiger partial charge in [-0.25, -0.2) is 0 Å². The molecule has 2 fully saturated rings. The molecule has 2 atom stereocenters. The minimum Gasteiger partial charge on any atom is -0.376 e. The van der Waals surface area contributed by atoms with E-state index >= 15 is 0 Å². The molecule has 0 aliphatic carbocycles. The number of hydrogen-bond acceptors (Lipinski definition) is 4. The Hall–Kier alpha value is -2.31. The molecule has 2 amide bonds. The van der Waals surface area contributed by atoms with E-state index in [9.17, 15) is 9.59 Å². The standard InChI is InChI=1S/C22H24N2O3S/c25-20-15-28-22(24(20)14-16-5-2-1-3-6-16)18-10-8-17(9-11-18)21(26)23-13-19-7-4-12-27-19/h1-3,5-6,8-11,19,22H,4,7,12-15H2,(H,23,26)/t19-,22+/m1/s1. The van der Waals surface area contributed by atoms with Gasteiger partial charge in [0.15, 0.2) is 0 Å². The van der Waals surface area contributed by atoms with Crippen LogP contribution in [0.1, 0.15) is 39.7 Å². The summed E-state index contributed by atoms with van der Waals surface area (Å²) >= 11 is 1.63. The Morgan fingerprint density at radius 3 is 2.64 bits per heavy atom. The molecule has 0 aromatic heterocycles. The number of hydrogen-bond donors (Lipinski definition) is 1. The van der Waals surface area contributed by atoms with Gasteiger partial charge in [0.2, 0.25) is 5.91 Å². The van der Waals surface area contributed by atoms with Crippen molar-refractivity contribution in [3.63, 3.8) is 0 Å². The minimum absolute atomic E-state index is 0.0169. The van der Waals surface area contributed by atoms with Gasteiger partial charge in [0.1, 0.15) is 5.37 Å². The van der Waals surface area contributed by atoms with Gasteiger partial charge in [-0.1, -0.05) is 42.5 Å². The first kappa shape index (κ1) is 19.0. The van der Waals surface area contributed by atoms with E-state index in [0.717, 1.165) is 30.6 Å². The molecule has 0 radical (unpaired) electrons. The Labute approximate surface area is 169 Å². The number of amides is 2. The Bertz CT molecular complexity index is 819. The largest absolute Gasteiger partial charge is 0.376 e. The van der Waals surface area contributed by atoms with Gasteiger partial charge in [0, 0.05) is 25.3 Å². The molecule has 5 nitrogen and oxygen atoms in total. The van der Waals surface area contributed by atoms with E-state index in [1.165, 1.54) is 0 Å². The van der Waals surface area contributed by atoms with E-state index in [-0.39, 0.29) is 23.3 Å². The van der Waals surface area contributed by atoms with Crippen LogP contribution in [-0.4, -0.2) is 41.7 Å². The number of carbonyl (C=O) groups excluding carboxylic acids is 2. The molecule has 2 aromatic carbocycles. The molecule has 4 rings (SSSR count). The topological polar surface area (TPSA) is 58.6 Å². The van der Waals surface area contributed by atoms with Crippen molar-refractivity contribution in [3.05, 3.63) is 71.3 Å². The van der Waals surface area contributed by atoms with Crippen LogP contribution in [0.4, 0.5) is 0 Å². The number of rotatable bonds is 6. The van der Waals surface area contributed by atoms with Crippen LogP contribution >= 0.6 is 11.8 Å². The summed E-state index contributed by atoms with van der Waals surface area (Å²) in [5, 5.41) is 2.93. The predicted octanol–water partition coefficient (Wildman–Crippen LogP) is 3.37. The highest BCUT2D eigenvalue weighted by Crippen LogP contribution is 2.39. The summed E-state index contributed by atoms with van der Waals surface area (Å²) in [6.45, 7) is 1.94. The lowest BCUT2D eigenvalue weighted by Crippen LogP contribution is -2.31. The van der Waals surface area contributed by atoms with E-state index in [4.69, 9.17) is 4.74 Å². The van der Waals surface area contributed by atoms with Gasteiger partial charge in [-0.05, 0) is 36.1 Å². The van der Waals surface area contributed by atoms with Crippen LogP contribution < -0.4 is 5.32 Å². The Balaban J connectivity index is 1.40. The van der Waals surface area contributed by atoms with Crippen molar-refractivity contribution in [1.29, 1.82) is 0 Å². The lowest BCUT2D eigenvalue weighted by molar-refractivity contribution is -0.128. The van der Waals surface area contributed by atoms with Crippen molar-refractivity contribution in [3.8, 4) is 0 Å². The first-order chi connectivity index (χ1) is 13.7. The normalized spacial score (nSPS) is 21.9. The SMILES string of the molecule is O=C(NC[C@H]1CCCO1)c1ccc([C@@H]2SCC(=O)N2Cc2ccccc2)cc1. The Kier molecular flexibility index (Phi) is 5.98. The molecular weight excluding hydrogens is 372 g/mol. The fraction of sp³-hybridized carbons (Fsp3) is 0.364. The summed E-state index contributed by atoms with van der Waals surface area (Å²) in [5.41, 5.74) is 2.79. The maximum atomic E-state index is 12.4. The van der Waals surface area contributed by atoms with Gasteiger partial charge in [-0.3, -0.25) is 9.59 Å². The molecule has 6 heteroatoms. The number of ether oxygens (including phenoxy) is 1. The summed E-state index contributed by atoms with van der Waals surface area (Å²) in [7, 11) is 0.